The second-order valence-electron chi connectivity index (χ2n) is 4.69. The van der Waals surface area contributed by atoms with Crippen molar-refractivity contribution in [3.05, 3.63) is 28.8 Å². The molecular formula is C15H23NO2. The van der Waals surface area contributed by atoms with E-state index < -0.39 is 0 Å². The smallest absolute Gasteiger partial charge is 0.220 e. The van der Waals surface area contributed by atoms with Gasteiger partial charge >= 0.3 is 0 Å². The molecule has 0 spiro atoms. The average molecular weight is 249 g/mol. The van der Waals surface area contributed by atoms with Crippen molar-refractivity contribution >= 4 is 5.91 Å². The molecule has 0 aromatic heterocycles. The topological polar surface area (TPSA) is 38.3 Å². The van der Waals surface area contributed by atoms with Gasteiger partial charge in [0.05, 0.1) is 6.61 Å². The van der Waals surface area contributed by atoms with E-state index in [1.165, 1.54) is 11.1 Å². The minimum Gasteiger partial charge on any atom is -0.494 e. The molecule has 0 aliphatic carbocycles. The van der Waals surface area contributed by atoms with Gasteiger partial charge in [-0.15, -0.1) is 0 Å². The fraction of sp³-hybridized carbons (Fsp3) is 0.533. The first-order valence-corrected chi connectivity index (χ1v) is 6.44. The fourth-order valence-corrected chi connectivity index (χ4v) is 2.14. The highest BCUT2D eigenvalue weighted by Gasteiger charge is 2.14. The number of aryl methyl sites for hydroxylation is 2. The van der Waals surface area contributed by atoms with E-state index in [0.29, 0.717) is 13.0 Å². The van der Waals surface area contributed by atoms with Crippen molar-refractivity contribution in [1.29, 1.82) is 0 Å². The van der Waals surface area contributed by atoms with Crippen LogP contribution in [0.3, 0.4) is 0 Å². The maximum atomic E-state index is 11.4. The molecule has 3 heteroatoms. The van der Waals surface area contributed by atoms with Gasteiger partial charge in [-0.3, -0.25) is 4.79 Å². The van der Waals surface area contributed by atoms with Gasteiger partial charge in [0.15, 0.2) is 0 Å². The third kappa shape index (κ3) is 3.49. The lowest BCUT2D eigenvalue weighted by Gasteiger charge is -2.17. The molecule has 1 amide bonds. The molecule has 0 heterocycles. The number of hydrogen-bond donors (Lipinski definition) is 1. The molecule has 18 heavy (non-hydrogen) atoms. The second-order valence-corrected chi connectivity index (χ2v) is 4.69. The Labute approximate surface area is 110 Å². The maximum absolute atomic E-state index is 11.4. The molecule has 1 rings (SSSR count). The van der Waals surface area contributed by atoms with Crippen LogP contribution in [-0.4, -0.2) is 19.6 Å². The lowest BCUT2D eigenvalue weighted by molar-refractivity contribution is -0.120. The van der Waals surface area contributed by atoms with Crippen molar-refractivity contribution in [3.8, 4) is 5.75 Å². The van der Waals surface area contributed by atoms with Crippen LogP contribution in [0.15, 0.2) is 12.1 Å². The zero-order valence-electron chi connectivity index (χ0n) is 12.0. The van der Waals surface area contributed by atoms with Crippen LogP contribution < -0.4 is 10.1 Å². The van der Waals surface area contributed by atoms with E-state index in [4.69, 9.17) is 4.74 Å². The number of hydrogen-bond acceptors (Lipinski definition) is 2. The van der Waals surface area contributed by atoms with Crippen LogP contribution in [-0.2, 0) is 4.79 Å². The molecule has 0 saturated carbocycles. The molecule has 1 unspecified atom stereocenters. The van der Waals surface area contributed by atoms with Crippen molar-refractivity contribution in [2.75, 3.05) is 13.7 Å². The SMILES string of the molecule is CCOc1cc(C)c(C(C)CC(=O)NC)cc1C. The number of benzene rings is 1. The van der Waals surface area contributed by atoms with Gasteiger partial charge < -0.3 is 10.1 Å². The highest BCUT2D eigenvalue weighted by Crippen LogP contribution is 2.29. The summed E-state index contributed by atoms with van der Waals surface area (Å²) in [7, 11) is 1.67. The van der Waals surface area contributed by atoms with Crippen molar-refractivity contribution < 1.29 is 9.53 Å². The molecule has 0 fully saturated rings. The Hall–Kier alpha value is -1.51. The van der Waals surface area contributed by atoms with Crippen LogP contribution in [0.1, 0.15) is 42.9 Å². The zero-order chi connectivity index (χ0) is 13.7. The number of amides is 1. The summed E-state index contributed by atoms with van der Waals surface area (Å²) >= 11 is 0. The van der Waals surface area contributed by atoms with Crippen LogP contribution >= 0.6 is 0 Å². The van der Waals surface area contributed by atoms with Gasteiger partial charge in [0.1, 0.15) is 5.75 Å². The van der Waals surface area contributed by atoms with Gasteiger partial charge in [0, 0.05) is 13.5 Å². The minimum absolute atomic E-state index is 0.0773. The van der Waals surface area contributed by atoms with Crippen molar-refractivity contribution in [2.45, 2.75) is 40.0 Å². The van der Waals surface area contributed by atoms with Crippen LogP contribution in [0.5, 0.6) is 5.75 Å². The molecule has 1 atom stereocenters. The van der Waals surface area contributed by atoms with Crippen molar-refractivity contribution in [3.63, 3.8) is 0 Å². The first-order valence-electron chi connectivity index (χ1n) is 6.44. The number of ether oxygens (including phenoxy) is 1. The summed E-state index contributed by atoms with van der Waals surface area (Å²) in [6.07, 6.45) is 0.519. The van der Waals surface area contributed by atoms with E-state index in [0.717, 1.165) is 11.3 Å². The van der Waals surface area contributed by atoms with Crippen molar-refractivity contribution in [1.82, 2.24) is 5.32 Å². The monoisotopic (exact) mass is 249 g/mol. The normalized spacial score (nSPS) is 12.1. The minimum atomic E-state index is 0.0773. The average Bonchev–Trinajstić information content (AvgIpc) is 2.33. The lowest BCUT2D eigenvalue weighted by atomic mass is 9.91. The Bertz CT molecular complexity index is 427. The third-order valence-corrected chi connectivity index (χ3v) is 3.16. The van der Waals surface area contributed by atoms with Gasteiger partial charge in [-0.1, -0.05) is 13.0 Å². The summed E-state index contributed by atoms with van der Waals surface area (Å²) < 4.78 is 5.58. The molecule has 1 aromatic rings. The summed E-state index contributed by atoms with van der Waals surface area (Å²) in [6.45, 7) is 8.85. The Morgan fingerprint density at radius 2 is 2.00 bits per heavy atom. The second kappa shape index (κ2) is 6.43. The predicted octanol–water partition coefficient (Wildman–Crippen LogP) is 2.94. The van der Waals surface area contributed by atoms with Crippen LogP contribution in [0.2, 0.25) is 0 Å². The van der Waals surface area contributed by atoms with Crippen LogP contribution in [0, 0.1) is 13.8 Å². The number of rotatable bonds is 5. The molecular weight excluding hydrogens is 226 g/mol. The van der Waals surface area contributed by atoms with E-state index in [1.54, 1.807) is 7.05 Å². The molecule has 1 N–H and O–H groups in total. The van der Waals surface area contributed by atoms with E-state index >= 15 is 0 Å². The molecule has 1 aromatic carbocycles. The first-order chi connectivity index (χ1) is 8.49. The first kappa shape index (κ1) is 14.6. The highest BCUT2D eigenvalue weighted by atomic mass is 16.5. The summed E-state index contributed by atoms with van der Waals surface area (Å²) in [5.74, 6) is 1.23. The molecule has 100 valence electrons. The maximum Gasteiger partial charge on any atom is 0.220 e. The van der Waals surface area contributed by atoms with E-state index in [1.807, 2.05) is 13.8 Å². The van der Waals surface area contributed by atoms with Crippen LogP contribution in [0.25, 0.3) is 0 Å². The van der Waals surface area contributed by atoms with Gasteiger partial charge in [-0.05, 0) is 49.4 Å². The fourth-order valence-electron chi connectivity index (χ4n) is 2.14. The van der Waals surface area contributed by atoms with Gasteiger partial charge in [0.2, 0.25) is 5.91 Å². The quantitative estimate of drug-likeness (QED) is 0.871. The molecule has 0 aliphatic rings. The van der Waals surface area contributed by atoms with Gasteiger partial charge in [-0.2, -0.15) is 0 Å². The van der Waals surface area contributed by atoms with Crippen LogP contribution in [0.4, 0.5) is 0 Å². The summed E-state index contributed by atoms with van der Waals surface area (Å²) in [5.41, 5.74) is 3.53. The number of carbonyl (C=O) groups excluding carboxylic acids is 1. The Kier molecular flexibility index (Phi) is 5.20. The van der Waals surface area contributed by atoms with Gasteiger partial charge in [-0.25, -0.2) is 0 Å². The highest BCUT2D eigenvalue weighted by molar-refractivity contribution is 5.76. The van der Waals surface area contributed by atoms with E-state index in [-0.39, 0.29) is 11.8 Å². The Balaban J connectivity index is 2.96. The predicted molar refractivity (Wildman–Crippen MR) is 74.2 cm³/mol. The summed E-state index contributed by atoms with van der Waals surface area (Å²) in [4.78, 5) is 11.4. The summed E-state index contributed by atoms with van der Waals surface area (Å²) in [5, 5.41) is 2.67. The molecule has 3 nitrogen and oxygen atoms in total. The Morgan fingerprint density at radius 1 is 1.33 bits per heavy atom. The molecule has 0 aliphatic heterocycles. The standard InChI is InChI=1S/C15H23NO2/c1-6-18-14-8-10(2)13(7-12(14)4)11(3)9-15(17)16-5/h7-8,11H,6,9H2,1-5H3,(H,16,17). The third-order valence-electron chi connectivity index (χ3n) is 3.16. The molecule has 0 saturated heterocycles. The number of nitrogens with one attached hydrogen (secondary N) is 1. The lowest BCUT2D eigenvalue weighted by Crippen LogP contribution is -2.19. The Morgan fingerprint density at radius 3 is 2.56 bits per heavy atom. The zero-order valence-corrected chi connectivity index (χ0v) is 12.0. The molecule has 0 bridgehead atoms. The van der Waals surface area contributed by atoms with E-state index in [9.17, 15) is 4.79 Å². The molecule has 0 radical (unpaired) electrons. The van der Waals surface area contributed by atoms with Crippen molar-refractivity contribution in [2.24, 2.45) is 0 Å². The van der Waals surface area contributed by atoms with Gasteiger partial charge in [0.25, 0.3) is 0 Å². The number of carbonyl (C=O) groups is 1. The van der Waals surface area contributed by atoms with E-state index in [2.05, 4.69) is 31.3 Å². The summed E-state index contributed by atoms with van der Waals surface area (Å²) in [6, 6.07) is 4.20. The largest absolute Gasteiger partial charge is 0.494 e.